The first-order chi connectivity index (χ1) is 8.69. The van der Waals surface area contributed by atoms with Crippen molar-refractivity contribution in [1.29, 1.82) is 0 Å². The Kier molecular flexibility index (Phi) is 4.25. The number of rotatable bonds is 6. The minimum Gasteiger partial charge on any atom is -0.496 e. The van der Waals surface area contributed by atoms with Crippen LogP contribution >= 0.6 is 0 Å². The SMILES string of the molecule is COc1ccccc1C(CN)N(C)C(C)C1CC1. The van der Waals surface area contributed by atoms with E-state index in [1.54, 1.807) is 7.11 Å². The zero-order chi connectivity index (χ0) is 13.1. The molecule has 0 bridgehead atoms. The fraction of sp³-hybridized carbons (Fsp3) is 0.600. The van der Waals surface area contributed by atoms with E-state index in [0.29, 0.717) is 12.6 Å². The van der Waals surface area contributed by atoms with Crippen molar-refractivity contribution in [2.75, 3.05) is 20.7 Å². The van der Waals surface area contributed by atoms with Gasteiger partial charge in [0.25, 0.3) is 0 Å². The largest absolute Gasteiger partial charge is 0.496 e. The lowest BCUT2D eigenvalue weighted by Gasteiger charge is -2.33. The average molecular weight is 248 g/mol. The molecule has 0 heterocycles. The lowest BCUT2D eigenvalue weighted by atomic mass is 10.0. The van der Waals surface area contributed by atoms with E-state index in [4.69, 9.17) is 10.5 Å². The van der Waals surface area contributed by atoms with Crippen LogP contribution in [0, 0.1) is 5.92 Å². The predicted molar refractivity (Wildman–Crippen MR) is 74.7 cm³/mol. The summed E-state index contributed by atoms with van der Waals surface area (Å²) in [6.07, 6.45) is 2.71. The molecule has 1 fully saturated rings. The highest BCUT2D eigenvalue weighted by atomic mass is 16.5. The Morgan fingerprint density at radius 2 is 2.06 bits per heavy atom. The van der Waals surface area contributed by atoms with Crippen molar-refractivity contribution < 1.29 is 4.74 Å². The molecule has 1 saturated carbocycles. The minimum absolute atomic E-state index is 0.233. The van der Waals surface area contributed by atoms with Gasteiger partial charge in [-0.1, -0.05) is 18.2 Å². The highest BCUT2D eigenvalue weighted by Gasteiger charge is 2.33. The van der Waals surface area contributed by atoms with Gasteiger partial charge in [0.15, 0.2) is 0 Å². The van der Waals surface area contributed by atoms with Gasteiger partial charge in [-0.3, -0.25) is 4.90 Å². The number of nitrogens with zero attached hydrogens (tertiary/aromatic N) is 1. The molecule has 0 saturated heterocycles. The summed E-state index contributed by atoms with van der Waals surface area (Å²) in [5.74, 6) is 1.78. The Morgan fingerprint density at radius 1 is 1.39 bits per heavy atom. The van der Waals surface area contributed by atoms with Crippen molar-refractivity contribution in [3.8, 4) is 5.75 Å². The summed E-state index contributed by atoms with van der Waals surface area (Å²) in [5.41, 5.74) is 7.18. The number of nitrogens with two attached hydrogens (primary N) is 1. The molecule has 0 spiro atoms. The second-order valence-electron chi connectivity index (χ2n) is 5.24. The normalized spacial score (nSPS) is 18.7. The molecule has 18 heavy (non-hydrogen) atoms. The smallest absolute Gasteiger partial charge is 0.123 e. The average Bonchev–Trinajstić information content (AvgIpc) is 3.23. The van der Waals surface area contributed by atoms with Gasteiger partial charge >= 0.3 is 0 Å². The number of ether oxygens (including phenoxy) is 1. The summed E-state index contributed by atoms with van der Waals surface area (Å²) in [4.78, 5) is 2.40. The molecule has 2 atom stereocenters. The van der Waals surface area contributed by atoms with Crippen molar-refractivity contribution in [3.63, 3.8) is 0 Å². The Hall–Kier alpha value is -1.06. The fourth-order valence-corrected chi connectivity index (χ4v) is 2.65. The van der Waals surface area contributed by atoms with Crippen molar-refractivity contribution in [3.05, 3.63) is 29.8 Å². The van der Waals surface area contributed by atoms with Gasteiger partial charge < -0.3 is 10.5 Å². The minimum atomic E-state index is 0.233. The van der Waals surface area contributed by atoms with Crippen LogP contribution in [0.3, 0.4) is 0 Å². The van der Waals surface area contributed by atoms with Crippen LogP contribution in [0.4, 0.5) is 0 Å². The van der Waals surface area contributed by atoms with Crippen molar-refractivity contribution in [1.82, 2.24) is 4.90 Å². The molecule has 1 aliphatic carbocycles. The summed E-state index contributed by atoms with van der Waals surface area (Å²) in [5, 5.41) is 0. The Bertz CT molecular complexity index is 390. The zero-order valence-electron chi connectivity index (χ0n) is 11.6. The van der Waals surface area contributed by atoms with E-state index < -0.39 is 0 Å². The molecule has 2 unspecified atom stereocenters. The van der Waals surface area contributed by atoms with E-state index in [2.05, 4.69) is 31.0 Å². The summed E-state index contributed by atoms with van der Waals surface area (Å²) >= 11 is 0. The van der Waals surface area contributed by atoms with Crippen LogP contribution in [0.2, 0.25) is 0 Å². The first kappa shape index (κ1) is 13.4. The van der Waals surface area contributed by atoms with E-state index in [9.17, 15) is 0 Å². The molecule has 0 aliphatic heterocycles. The number of hydrogen-bond acceptors (Lipinski definition) is 3. The number of hydrogen-bond donors (Lipinski definition) is 1. The predicted octanol–water partition coefficient (Wildman–Crippen LogP) is 2.43. The van der Waals surface area contributed by atoms with Crippen LogP contribution in [-0.2, 0) is 0 Å². The molecular formula is C15H24N2O. The Labute approximate surface area is 110 Å². The molecule has 0 amide bonds. The van der Waals surface area contributed by atoms with Crippen LogP contribution in [-0.4, -0.2) is 31.6 Å². The third-order valence-corrected chi connectivity index (χ3v) is 4.16. The van der Waals surface area contributed by atoms with E-state index >= 15 is 0 Å². The Morgan fingerprint density at radius 3 is 2.61 bits per heavy atom. The molecular weight excluding hydrogens is 224 g/mol. The van der Waals surface area contributed by atoms with Crippen molar-refractivity contribution >= 4 is 0 Å². The second kappa shape index (κ2) is 5.72. The van der Waals surface area contributed by atoms with Crippen molar-refractivity contribution in [2.24, 2.45) is 11.7 Å². The first-order valence-corrected chi connectivity index (χ1v) is 6.74. The molecule has 2 rings (SSSR count). The van der Waals surface area contributed by atoms with E-state index in [1.807, 2.05) is 12.1 Å². The quantitative estimate of drug-likeness (QED) is 0.840. The summed E-state index contributed by atoms with van der Waals surface area (Å²) < 4.78 is 5.45. The number of likely N-dealkylation sites (N-methyl/N-ethyl adjacent to an activating group) is 1. The number of methoxy groups -OCH3 is 1. The molecule has 2 N–H and O–H groups in total. The molecule has 100 valence electrons. The summed E-state index contributed by atoms with van der Waals surface area (Å²) in [6.45, 7) is 2.92. The van der Waals surface area contributed by atoms with E-state index in [0.717, 1.165) is 11.7 Å². The highest BCUT2D eigenvalue weighted by molar-refractivity contribution is 5.36. The van der Waals surface area contributed by atoms with Crippen molar-refractivity contribution in [2.45, 2.75) is 31.8 Å². The van der Waals surface area contributed by atoms with Gasteiger partial charge in [-0.2, -0.15) is 0 Å². The monoisotopic (exact) mass is 248 g/mol. The van der Waals surface area contributed by atoms with Crippen LogP contribution in [0.25, 0.3) is 0 Å². The molecule has 1 aliphatic rings. The molecule has 3 nitrogen and oxygen atoms in total. The lowest BCUT2D eigenvalue weighted by molar-refractivity contribution is 0.168. The van der Waals surface area contributed by atoms with Gasteiger partial charge in [0.05, 0.1) is 13.2 Å². The van der Waals surface area contributed by atoms with Gasteiger partial charge in [0.2, 0.25) is 0 Å². The molecule has 0 aromatic heterocycles. The second-order valence-corrected chi connectivity index (χ2v) is 5.24. The van der Waals surface area contributed by atoms with Gasteiger partial charge in [0, 0.05) is 18.2 Å². The van der Waals surface area contributed by atoms with E-state index in [-0.39, 0.29) is 6.04 Å². The maximum absolute atomic E-state index is 5.99. The molecule has 3 heteroatoms. The van der Waals surface area contributed by atoms with Crippen LogP contribution in [0.5, 0.6) is 5.75 Å². The van der Waals surface area contributed by atoms with E-state index in [1.165, 1.54) is 18.4 Å². The first-order valence-electron chi connectivity index (χ1n) is 6.74. The van der Waals surface area contributed by atoms with Crippen LogP contribution in [0.15, 0.2) is 24.3 Å². The topological polar surface area (TPSA) is 38.5 Å². The van der Waals surface area contributed by atoms with Gasteiger partial charge in [-0.15, -0.1) is 0 Å². The maximum Gasteiger partial charge on any atom is 0.123 e. The molecule has 1 aromatic rings. The lowest BCUT2D eigenvalue weighted by Crippen LogP contribution is -2.38. The summed E-state index contributed by atoms with van der Waals surface area (Å²) in [7, 11) is 3.89. The number of benzene rings is 1. The van der Waals surface area contributed by atoms with Crippen LogP contribution in [0.1, 0.15) is 31.4 Å². The maximum atomic E-state index is 5.99. The Balaban J connectivity index is 2.20. The standard InChI is InChI=1S/C15H24N2O/c1-11(12-8-9-12)17(2)14(10-16)13-6-4-5-7-15(13)18-3/h4-7,11-12,14H,8-10,16H2,1-3H3. The molecule has 0 radical (unpaired) electrons. The molecule has 1 aromatic carbocycles. The van der Waals surface area contributed by atoms with Gasteiger partial charge in [-0.05, 0) is 38.8 Å². The van der Waals surface area contributed by atoms with Gasteiger partial charge in [0.1, 0.15) is 5.75 Å². The highest BCUT2D eigenvalue weighted by Crippen LogP contribution is 2.38. The fourth-order valence-electron chi connectivity index (χ4n) is 2.65. The number of para-hydroxylation sites is 1. The summed E-state index contributed by atoms with van der Waals surface area (Å²) in [6, 6.07) is 9.00. The van der Waals surface area contributed by atoms with Gasteiger partial charge in [-0.25, -0.2) is 0 Å². The van der Waals surface area contributed by atoms with Crippen LogP contribution < -0.4 is 10.5 Å². The zero-order valence-corrected chi connectivity index (χ0v) is 11.6. The third-order valence-electron chi connectivity index (χ3n) is 4.16. The third kappa shape index (κ3) is 2.68.